The smallest absolute Gasteiger partial charge is 0.225 e. The van der Waals surface area contributed by atoms with Gasteiger partial charge in [-0.25, -0.2) is 4.99 Å². The summed E-state index contributed by atoms with van der Waals surface area (Å²) in [5, 5.41) is 9.08. The van der Waals surface area contributed by atoms with Crippen LogP contribution in [-0.2, 0) is 0 Å². The zero-order chi connectivity index (χ0) is 11.4. The Kier molecular flexibility index (Phi) is 3.76. The van der Waals surface area contributed by atoms with Gasteiger partial charge < -0.3 is 10.9 Å². The minimum atomic E-state index is -0.159. The van der Waals surface area contributed by atoms with Crippen molar-refractivity contribution in [2.45, 2.75) is 0 Å². The predicted molar refractivity (Wildman–Crippen MR) is 60.6 cm³/mol. The van der Waals surface area contributed by atoms with Gasteiger partial charge in [-0.15, -0.1) is 0 Å². The lowest BCUT2D eigenvalue weighted by Crippen LogP contribution is -2.18. The standard InChI is InChI=1S/C8H8Cl2N4O/c1-5(9)12-8(10)13-7(11)6-3-2-4-14(6)15/h2-4,15H,1H2,(H2,11,12,13). The molecule has 7 heteroatoms. The van der Waals surface area contributed by atoms with Crippen LogP contribution in [0.15, 0.2) is 40.0 Å². The highest BCUT2D eigenvalue weighted by atomic mass is 35.5. The van der Waals surface area contributed by atoms with E-state index in [0.717, 1.165) is 4.73 Å². The van der Waals surface area contributed by atoms with E-state index < -0.39 is 0 Å². The average Bonchev–Trinajstić information content (AvgIpc) is 2.49. The summed E-state index contributed by atoms with van der Waals surface area (Å²) < 4.78 is 0.818. The van der Waals surface area contributed by atoms with E-state index >= 15 is 0 Å². The zero-order valence-corrected chi connectivity index (χ0v) is 9.07. The molecule has 0 radical (unpaired) electrons. The molecule has 15 heavy (non-hydrogen) atoms. The molecule has 0 saturated heterocycles. The Morgan fingerprint density at radius 3 is 2.60 bits per heavy atom. The van der Waals surface area contributed by atoms with E-state index in [-0.39, 0.29) is 16.3 Å². The Bertz CT molecular complexity index is 436. The number of amidine groups is 2. The molecule has 0 unspecified atom stereocenters. The number of nitrogens with zero attached hydrogens (tertiary/aromatic N) is 3. The summed E-state index contributed by atoms with van der Waals surface area (Å²) in [6, 6.07) is 3.17. The lowest BCUT2D eigenvalue weighted by atomic mass is 10.4. The van der Waals surface area contributed by atoms with Crippen molar-refractivity contribution in [2.75, 3.05) is 0 Å². The molecule has 3 N–H and O–H groups in total. The van der Waals surface area contributed by atoms with Gasteiger partial charge in [0.2, 0.25) is 5.29 Å². The first-order chi connectivity index (χ1) is 7.00. The van der Waals surface area contributed by atoms with Crippen LogP contribution in [0.3, 0.4) is 0 Å². The Morgan fingerprint density at radius 1 is 1.47 bits per heavy atom. The Balaban J connectivity index is 2.95. The number of aromatic nitrogens is 1. The highest BCUT2D eigenvalue weighted by Gasteiger charge is 2.04. The molecule has 0 atom stereocenters. The minimum Gasteiger partial charge on any atom is -0.428 e. The molecule has 0 aromatic carbocycles. The second-order valence-electron chi connectivity index (χ2n) is 2.49. The van der Waals surface area contributed by atoms with Crippen molar-refractivity contribution in [3.8, 4) is 0 Å². The molecule has 0 saturated carbocycles. The van der Waals surface area contributed by atoms with Crippen LogP contribution in [0, 0.1) is 0 Å². The average molecular weight is 247 g/mol. The molecule has 0 fully saturated rings. The number of rotatable bonds is 2. The fraction of sp³-hybridized carbons (Fsp3) is 0. The van der Waals surface area contributed by atoms with Gasteiger partial charge in [0.05, 0.1) is 0 Å². The fourth-order valence-corrected chi connectivity index (χ4v) is 1.17. The van der Waals surface area contributed by atoms with Gasteiger partial charge in [0.15, 0.2) is 5.84 Å². The monoisotopic (exact) mass is 246 g/mol. The normalized spacial score (nSPS) is 12.9. The fourth-order valence-electron chi connectivity index (χ4n) is 0.857. The quantitative estimate of drug-likeness (QED) is 0.361. The van der Waals surface area contributed by atoms with Crippen molar-refractivity contribution in [1.29, 1.82) is 0 Å². The Labute approximate surface area is 96.1 Å². The number of nitrogens with two attached hydrogens (primary N) is 1. The van der Waals surface area contributed by atoms with Crippen molar-refractivity contribution >= 4 is 34.3 Å². The second-order valence-corrected chi connectivity index (χ2v) is 3.27. The molecule has 1 heterocycles. The summed E-state index contributed by atoms with van der Waals surface area (Å²) in [5.41, 5.74) is 5.86. The molecule has 0 aliphatic rings. The second kappa shape index (κ2) is 4.86. The van der Waals surface area contributed by atoms with Gasteiger partial charge in [-0.3, -0.25) is 0 Å². The molecular weight excluding hydrogens is 239 g/mol. The molecule has 0 aliphatic heterocycles. The molecule has 1 aromatic rings. The maximum Gasteiger partial charge on any atom is 0.225 e. The molecule has 0 aliphatic carbocycles. The lowest BCUT2D eigenvalue weighted by Gasteiger charge is -1.99. The van der Waals surface area contributed by atoms with Crippen molar-refractivity contribution < 1.29 is 5.21 Å². The highest BCUT2D eigenvalue weighted by Crippen LogP contribution is 2.04. The summed E-state index contributed by atoms with van der Waals surface area (Å²) in [7, 11) is 0. The summed E-state index contributed by atoms with van der Waals surface area (Å²) in [6.07, 6.45) is 1.41. The van der Waals surface area contributed by atoms with E-state index in [1.807, 2.05) is 0 Å². The first-order valence-corrected chi connectivity index (χ1v) is 4.56. The van der Waals surface area contributed by atoms with E-state index in [4.69, 9.17) is 28.9 Å². The Hall–Kier alpha value is -1.46. The number of aliphatic imine (C=N–C) groups is 2. The van der Waals surface area contributed by atoms with Gasteiger partial charge in [0, 0.05) is 6.20 Å². The summed E-state index contributed by atoms with van der Waals surface area (Å²) in [4.78, 5) is 7.26. The first kappa shape index (κ1) is 11.6. The van der Waals surface area contributed by atoms with Crippen LogP contribution in [0.2, 0.25) is 0 Å². The number of hydrogen-bond acceptors (Lipinski definition) is 2. The van der Waals surface area contributed by atoms with E-state index in [1.54, 1.807) is 12.1 Å². The molecule has 0 spiro atoms. The molecule has 1 rings (SSSR count). The summed E-state index contributed by atoms with van der Waals surface area (Å²) >= 11 is 11.0. The number of hydrogen-bond donors (Lipinski definition) is 2. The molecular formula is C8H8Cl2N4O. The van der Waals surface area contributed by atoms with Crippen molar-refractivity contribution in [2.24, 2.45) is 15.7 Å². The lowest BCUT2D eigenvalue weighted by molar-refractivity contribution is 0.186. The molecule has 0 amide bonds. The molecule has 80 valence electrons. The summed E-state index contributed by atoms with van der Waals surface area (Å²) in [6.45, 7) is 3.31. The zero-order valence-electron chi connectivity index (χ0n) is 7.56. The van der Waals surface area contributed by atoms with E-state index in [0.29, 0.717) is 5.69 Å². The molecule has 5 nitrogen and oxygen atoms in total. The van der Waals surface area contributed by atoms with Crippen LogP contribution >= 0.6 is 23.2 Å². The third-order valence-electron chi connectivity index (χ3n) is 1.42. The maximum absolute atomic E-state index is 9.24. The van der Waals surface area contributed by atoms with Crippen LogP contribution in [0.25, 0.3) is 0 Å². The molecule has 1 aromatic heterocycles. The van der Waals surface area contributed by atoms with Crippen molar-refractivity contribution in [3.05, 3.63) is 35.8 Å². The topological polar surface area (TPSA) is 75.9 Å². The SMILES string of the molecule is C=C(Cl)N=C(Cl)N=C(N)c1cccn1O. The van der Waals surface area contributed by atoms with E-state index in [1.165, 1.54) is 6.20 Å². The maximum atomic E-state index is 9.24. The third-order valence-corrected chi connectivity index (χ3v) is 1.67. The van der Waals surface area contributed by atoms with Gasteiger partial charge in [-0.2, -0.15) is 9.72 Å². The largest absolute Gasteiger partial charge is 0.428 e. The van der Waals surface area contributed by atoms with Crippen molar-refractivity contribution in [1.82, 2.24) is 4.73 Å². The van der Waals surface area contributed by atoms with Crippen LogP contribution in [0.4, 0.5) is 0 Å². The predicted octanol–water partition coefficient (Wildman–Crippen LogP) is 1.74. The first-order valence-electron chi connectivity index (χ1n) is 3.80. The van der Waals surface area contributed by atoms with Crippen LogP contribution < -0.4 is 5.73 Å². The Morgan fingerprint density at radius 2 is 2.13 bits per heavy atom. The van der Waals surface area contributed by atoms with Gasteiger partial charge in [-0.05, 0) is 23.7 Å². The van der Waals surface area contributed by atoms with Crippen LogP contribution in [0.5, 0.6) is 0 Å². The van der Waals surface area contributed by atoms with Crippen LogP contribution in [0.1, 0.15) is 5.69 Å². The van der Waals surface area contributed by atoms with Gasteiger partial charge in [0.25, 0.3) is 0 Å². The van der Waals surface area contributed by atoms with E-state index in [9.17, 15) is 5.21 Å². The number of halogens is 2. The highest BCUT2D eigenvalue weighted by molar-refractivity contribution is 6.66. The molecule has 0 bridgehead atoms. The summed E-state index contributed by atoms with van der Waals surface area (Å²) in [5.74, 6) is 0.0224. The van der Waals surface area contributed by atoms with Crippen LogP contribution in [-0.4, -0.2) is 21.1 Å². The van der Waals surface area contributed by atoms with Gasteiger partial charge in [0.1, 0.15) is 10.9 Å². The minimum absolute atomic E-state index is 0.00377. The van der Waals surface area contributed by atoms with Crippen molar-refractivity contribution in [3.63, 3.8) is 0 Å². The van der Waals surface area contributed by atoms with E-state index in [2.05, 4.69) is 16.6 Å². The van der Waals surface area contributed by atoms with Gasteiger partial charge in [-0.1, -0.05) is 18.2 Å². The third kappa shape index (κ3) is 3.30. The van der Waals surface area contributed by atoms with Gasteiger partial charge >= 0.3 is 0 Å².